The summed E-state index contributed by atoms with van der Waals surface area (Å²) < 4.78 is 1.01. The van der Waals surface area contributed by atoms with Crippen LogP contribution in [0.15, 0.2) is 24.3 Å². The van der Waals surface area contributed by atoms with Crippen LogP contribution in [0.2, 0.25) is 0 Å². The van der Waals surface area contributed by atoms with Gasteiger partial charge in [0.2, 0.25) is 11.8 Å². The van der Waals surface area contributed by atoms with E-state index in [1.165, 1.54) is 0 Å². The molecule has 1 aliphatic rings. The van der Waals surface area contributed by atoms with Crippen molar-refractivity contribution < 1.29 is 9.59 Å². The Kier molecular flexibility index (Phi) is 5.36. The van der Waals surface area contributed by atoms with Gasteiger partial charge in [-0.1, -0.05) is 12.1 Å². The van der Waals surface area contributed by atoms with Crippen LogP contribution in [0.5, 0.6) is 0 Å². The SMILES string of the molecule is NC(=O)[C@@H]1CCCN(CC(=O)Nc2ccccc2I)C1. The van der Waals surface area contributed by atoms with E-state index < -0.39 is 0 Å². The topological polar surface area (TPSA) is 75.4 Å². The van der Waals surface area contributed by atoms with Gasteiger partial charge >= 0.3 is 0 Å². The molecule has 20 heavy (non-hydrogen) atoms. The quantitative estimate of drug-likeness (QED) is 0.768. The molecule has 0 aliphatic carbocycles. The summed E-state index contributed by atoms with van der Waals surface area (Å²) in [4.78, 5) is 25.2. The Hall–Kier alpha value is -1.15. The fourth-order valence-electron chi connectivity index (χ4n) is 2.39. The summed E-state index contributed by atoms with van der Waals surface area (Å²) in [5.41, 5.74) is 6.16. The average molecular weight is 387 g/mol. The van der Waals surface area contributed by atoms with Crippen LogP contribution in [-0.4, -0.2) is 36.3 Å². The first-order valence-corrected chi connectivity index (χ1v) is 7.70. The zero-order valence-electron chi connectivity index (χ0n) is 11.1. The summed E-state index contributed by atoms with van der Waals surface area (Å²) in [6, 6.07) is 7.64. The highest BCUT2D eigenvalue weighted by molar-refractivity contribution is 14.1. The molecular formula is C14H18IN3O2. The van der Waals surface area contributed by atoms with Crippen molar-refractivity contribution in [3.8, 4) is 0 Å². The minimum Gasteiger partial charge on any atom is -0.369 e. The number of nitrogens with one attached hydrogen (secondary N) is 1. The number of para-hydroxylation sites is 1. The fourth-order valence-corrected chi connectivity index (χ4v) is 2.91. The standard InChI is InChI=1S/C14H18IN3O2/c15-11-5-1-2-6-12(11)17-13(19)9-18-7-3-4-10(8-18)14(16)20/h1-2,5-6,10H,3-4,7-9H2,(H2,16,20)(H,17,19)/t10-/m1/s1. The molecule has 1 aromatic carbocycles. The molecule has 0 aromatic heterocycles. The smallest absolute Gasteiger partial charge is 0.238 e. The number of hydrogen-bond donors (Lipinski definition) is 2. The molecule has 1 fully saturated rings. The van der Waals surface area contributed by atoms with Crippen molar-refractivity contribution in [1.82, 2.24) is 4.90 Å². The first kappa shape index (κ1) is 15.2. The molecule has 0 unspecified atom stereocenters. The summed E-state index contributed by atoms with van der Waals surface area (Å²) in [5.74, 6) is -0.458. The Balaban J connectivity index is 1.88. The van der Waals surface area contributed by atoms with Crippen molar-refractivity contribution in [1.29, 1.82) is 0 Å². The van der Waals surface area contributed by atoms with Crippen molar-refractivity contribution >= 4 is 40.1 Å². The van der Waals surface area contributed by atoms with Crippen molar-refractivity contribution in [2.45, 2.75) is 12.8 Å². The lowest BCUT2D eigenvalue weighted by Crippen LogP contribution is -2.44. The number of nitrogens with zero attached hydrogens (tertiary/aromatic N) is 1. The van der Waals surface area contributed by atoms with Gasteiger partial charge in [-0.25, -0.2) is 0 Å². The number of hydrogen-bond acceptors (Lipinski definition) is 3. The molecule has 2 rings (SSSR count). The summed E-state index contributed by atoms with van der Waals surface area (Å²) in [5, 5.41) is 2.90. The van der Waals surface area contributed by atoms with Crippen molar-refractivity contribution in [3.05, 3.63) is 27.8 Å². The Morgan fingerprint density at radius 3 is 2.85 bits per heavy atom. The Bertz CT molecular complexity index is 507. The van der Waals surface area contributed by atoms with E-state index in [-0.39, 0.29) is 17.7 Å². The van der Waals surface area contributed by atoms with Crippen molar-refractivity contribution in [2.24, 2.45) is 11.7 Å². The number of rotatable bonds is 4. The molecule has 0 spiro atoms. The predicted octanol–water partition coefficient (Wildman–Crippen LogP) is 1.43. The van der Waals surface area contributed by atoms with E-state index in [1.54, 1.807) is 0 Å². The molecule has 0 saturated carbocycles. The minimum atomic E-state index is -0.271. The molecule has 0 radical (unpaired) electrons. The maximum Gasteiger partial charge on any atom is 0.238 e. The van der Waals surface area contributed by atoms with Crippen molar-refractivity contribution in [3.63, 3.8) is 0 Å². The number of anilines is 1. The van der Waals surface area contributed by atoms with Crippen LogP contribution in [0.4, 0.5) is 5.69 Å². The van der Waals surface area contributed by atoms with Crippen LogP contribution < -0.4 is 11.1 Å². The maximum atomic E-state index is 12.0. The number of halogens is 1. The highest BCUT2D eigenvalue weighted by Gasteiger charge is 2.25. The predicted molar refractivity (Wildman–Crippen MR) is 86.1 cm³/mol. The van der Waals surface area contributed by atoms with Gasteiger partial charge in [0.25, 0.3) is 0 Å². The van der Waals surface area contributed by atoms with E-state index in [2.05, 4.69) is 27.9 Å². The molecule has 1 saturated heterocycles. The fraction of sp³-hybridized carbons (Fsp3) is 0.429. The van der Waals surface area contributed by atoms with Gasteiger partial charge in [0.15, 0.2) is 0 Å². The summed E-state index contributed by atoms with van der Waals surface area (Å²) in [6.07, 6.45) is 1.73. The minimum absolute atomic E-state index is 0.0563. The van der Waals surface area contributed by atoms with E-state index in [1.807, 2.05) is 29.2 Å². The molecule has 6 heteroatoms. The number of amides is 2. The lowest BCUT2D eigenvalue weighted by molar-refractivity contribution is -0.125. The monoisotopic (exact) mass is 387 g/mol. The van der Waals surface area contributed by atoms with Gasteiger partial charge in [0.05, 0.1) is 18.2 Å². The molecule has 1 aromatic rings. The number of nitrogens with two attached hydrogens (primary N) is 1. The summed E-state index contributed by atoms with van der Waals surface area (Å²) in [6.45, 7) is 1.71. The number of piperidine rings is 1. The van der Waals surface area contributed by atoms with Crippen LogP contribution in [0.25, 0.3) is 0 Å². The van der Waals surface area contributed by atoms with Crippen LogP contribution >= 0.6 is 22.6 Å². The lowest BCUT2D eigenvalue weighted by atomic mass is 9.97. The maximum absolute atomic E-state index is 12.0. The summed E-state index contributed by atoms with van der Waals surface area (Å²) >= 11 is 2.19. The number of carbonyl (C=O) groups excluding carboxylic acids is 2. The Morgan fingerprint density at radius 2 is 2.15 bits per heavy atom. The van der Waals surface area contributed by atoms with Gasteiger partial charge in [-0.2, -0.15) is 0 Å². The molecule has 108 valence electrons. The average Bonchev–Trinajstić information content (AvgIpc) is 2.41. The number of carbonyl (C=O) groups is 2. The van der Waals surface area contributed by atoms with Crippen molar-refractivity contribution in [2.75, 3.05) is 25.0 Å². The van der Waals surface area contributed by atoms with E-state index in [0.29, 0.717) is 13.1 Å². The van der Waals surface area contributed by atoms with Gasteiger partial charge in [-0.05, 0) is 54.1 Å². The van der Waals surface area contributed by atoms with E-state index in [0.717, 1.165) is 28.6 Å². The van der Waals surface area contributed by atoms with Gasteiger partial charge < -0.3 is 11.1 Å². The molecular weight excluding hydrogens is 369 g/mol. The number of benzene rings is 1. The molecule has 5 nitrogen and oxygen atoms in total. The van der Waals surface area contributed by atoms with Gasteiger partial charge in [0.1, 0.15) is 0 Å². The molecule has 2 amide bonds. The highest BCUT2D eigenvalue weighted by atomic mass is 127. The van der Waals surface area contributed by atoms with Crippen LogP contribution in [0, 0.1) is 9.49 Å². The van der Waals surface area contributed by atoms with E-state index in [9.17, 15) is 9.59 Å². The lowest BCUT2D eigenvalue weighted by Gasteiger charge is -2.30. The molecule has 3 N–H and O–H groups in total. The zero-order valence-corrected chi connectivity index (χ0v) is 13.3. The van der Waals surface area contributed by atoms with E-state index >= 15 is 0 Å². The largest absolute Gasteiger partial charge is 0.369 e. The van der Waals surface area contributed by atoms with E-state index in [4.69, 9.17) is 5.73 Å². The second-order valence-electron chi connectivity index (χ2n) is 5.00. The van der Waals surface area contributed by atoms with Gasteiger partial charge in [-0.15, -0.1) is 0 Å². The normalized spacial score (nSPS) is 19.6. The Morgan fingerprint density at radius 1 is 1.40 bits per heavy atom. The number of likely N-dealkylation sites (tertiary alicyclic amines) is 1. The van der Waals surface area contributed by atoms with Crippen LogP contribution in [0.3, 0.4) is 0 Å². The third kappa shape index (κ3) is 4.17. The second-order valence-corrected chi connectivity index (χ2v) is 6.17. The third-order valence-corrected chi connectivity index (χ3v) is 4.36. The van der Waals surface area contributed by atoms with Gasteiger partial charge in [-0.3, -0.25) is 14.5 Å². The first-order chi connectivity index (χ1) is 9.56. The Labute approximate surface area is 132 Å². The van der Waals surface area contributed by atoms with Crippen LogP contribution in [0.1, 0.15) is 12.8 Å². The molecule has 1 aliphatic heterocycles. The van der Waals surface area contributed by atoms with Crippen LogP contribution in [-0.2, 0) is 9.59 Å². The second kappa shape index (κ2) is 7.03. The highest BCUT2D eigenvalue weighted by Crippen LogP contribution is 2.18. The third-order valence-electron chi connectivity index (χ3n) is 3.42. The molecule has 1 atom stereocenters. The molecule has 1 heterocycles. The number of primary amides is 1. The first-order valence-electron chi connectivity index (χ1n) is 6.62. The summed E-state index contributed by atoms with van der Waals surface area (Å²) in [7, 11) is 0. The van der Waals surface area contributed by atoms with Gasteiger partial charge in [0, 0.05) is 10.1 Å². The molecule has 0 bridgehead atoms. The zero-order chi connectivity index (χ0) is 14.5.